The Morgan fingerprint density at radius 2 is 1.58 bits per heavy atom. The molecule has 0 amide bonds. The summed E-state index contributed by atoms with van der Waals surface area (Å²) in [5, 5.41) is 20.3. The molecule has 168 valence electrons. The van der Waals surface area contributed by atoms with Crippen LogP contribution in [-0.2, 0) is 0 Å². The van der Waals surface area contributed by atoms with E-state index in [1.807, 2.05) is 0 Å². The van der Waals surface area contributed by atoms with Gasteiger partial charge in [0, 0.05) is 0 Å². The Balaban J connectivity index is 1.97. The van der Waals surface area contributed by atoms with Crippen LogP contribution in [0.3, 0.4) is 0 Å². The van der Waals surface area contributed by atoms with Gasteiger partial charge in [0.1, 0.15) is 32.5 Å². The van der Waals surface area contributed by atoms with Crippen molar-refractivity contribution in [2.75, 3.05) is 0 Å². The fraction of sp³-hybridized carbons (Fsp3) is 0.0435. The van der Waals surface area contributed by atoms with Gasteiger partial charge in [-0.2, -0.15) is 0 Å². The summed E-state index contributed by atoms with van der Waals surface area (Å²) < 4.78 is 1.19. The van der Waals surface area contributed by atoms with Crippen molar-refractivity contribution in [2.45, 2.75) is 6.92 Å². The molecule has 0 saturated heterocycles. The van der Waals surface area contributed by atoms with Crippen LogP contribution in [0.4, 0.5) is 0 Å². The second kappa shape index (κ2) is 8.80. The lowest BCUT2D eigenvalue weighted by molar-refractivity contribution is 0.101. The van der Waals surface area contributed by atoms with Crippen LogP contribution in [0.1, 0.15) is 37.7 Å². The molecule has 0 unspecified atom stereocenters. The number of aromatic hydroxyl groups is 2. The lowest BCUT2D eigenvalue weighted by Crippen LogP contribution is -2.13. The number of ketones is 2. The number of rotatable bonds is 5. The number of benzene rings is 2. The van der Waals surface area contributed by atoms with Crippen molar-refractivity contribution in [3.63, 3.8) is 0 Å². The van der Waals surface area contributed by atoms with Crippen molar-refractivity contribution in [1.29, 1.82) is 0 Å². The predicted molar refractivity (Wildman–Crippen MR) is 128 cm³/mol. The van der Waals surface area contributed by atoms with E-state index < -0.39 is 11.6 Å². The van der Waals surface area contributed by atoms with Gasteiger partial charge in [-0.25, -0.2) is 0 Å². The fourth-order valence-corrected chi connectivity index (χ4v) is 4.26. The smallest absolute Gasteiger partial charge is 0.215 e. The van der Waals surface area contributed by atoms with Gasteiger partial charge >= 0.3 is 0 Å². The maximum Gasteiger partial charge on any atom is 0.215 e. The van der Waals surface area contributed by atoms with E-state index in [1.165, 1.54) is 28.8 Å². The van der Waals surface area contributed by atoms with E-state index in [4.69, 9.17) is 46.4 Å². The van der Waals surface area contributed by atoms with Gasteiger partial charge in [0.05, 0.1) is 27.5 Å². The summed E-state index contributed by atoms with van der Waals surface area (Å²) >= 11 is 25.3. The van der Waals surface area contributed by atoms with E-state index in [9.17, 15) is 19.8 Å². The quantitative estimate of drug-likeness (QED) is 0.257. The van der Waals surface area contributed by atoms with Crippen molar-refractivity contribution >= 4 is 58.0 Å². The van der Waals surface area contributed by atoms with Gasteiger partial charge in [0.15, 0.2) is 0 Å². The minimum absolute atomic E-state index is 0.00780. The van der Waals surface area contributed by atoms with Crippen LogP contribution in [0, 0.1) is 6.92 Å². The van der Waals surface area contributed by atoms with Gasteiger partial charge in [-0.1, -0.05) is 70.7 Å². The fourth-order valence-electron chi connectivity index (χ4n) is 3.43. The lowest BCUT2D eigenvalue weighted by Gasteiger charge is -2.13. The summed E-state index contributed by atoms with van der Waals surface area (Å²) in [7, 11) is 0. The highest BCUT2D eigenvalue weighted by Crippen LogP contribution is 2.40. The number of carbonyl (C=O) groups excluding carboxylic acids is 2. The second-order valence-electron chi connectivity index (χ2n) is 7.13. The molecule has 2 aromatic carbocycles. The molecule has 33 heavy (non-hydrogen) atoms. The van der Waals surface area contributed by atoms with Crippen molar-refractivity contribution in [3.05, 3.63) is 97.0 Å². The molecule has 4 rings (SSSR count). The molecule has 0 spiro atoms. The summed E-state index contributed by atoms with van der Waals surface area (Å²) in [6.07, 6.45) is 0. The SMILES string of the molecule is Cc1cccc(C(=O)c2cc(Cl)c(Cl)n2-c2c(C(=O)c3ccccc3O)[nH]c(Cl)c2Cl)c1O. The van der Waals surface area contributed by atoms with E-state index >= 15 is 0 Å². The first-order chi connectivity index (χ1) is 15.6. The number of halogens is 4. The number of carbonyl (C=O) groups is 2. The number of aryl methyl sites for hydroxylation is 1. The Kier molecular flexibility index (Phi) is 6.20. The number of nitrogens with one attached hydrogen (secondary N) is 1. The molecule has 0 aliphatic carbocycles. The predicted octanol–water partition coefficient (Wildman–Crippen LogP) is 6.60. The summed E-state index contributed by atoms with van der Waals surface area (Å²) in [6.45, 7) is 1.65. The third-order valence-electron chi connectivity index (χ3n) is 5.08. The number of phenols is 2. The van der Waals surface area contributed by atoms with Crippen LogP contribution in [-0.4, -0.2) is 31.3 Å². The lowest BCUT2D eigenvalue weighted by atomic mass is 10.0. The average molecular weight is 524 g/mol. The summed E-state index contributed by atoms with van der Waals surface area (Å²) in [4.78, 5) is 29.4. The normalized spacial score (nSPS) is 11.1. The Hall–Kier alpha value is -2.90. The van der Waals surface area contributed by atoms with Gasteiger partial charge in [0.25, 0.3) is 0 Å². The molecule has 0 aliphatic heterocycles. The Labute approximate surface area is 207 Å². The molecule has 0 saturated carbocycles. The molecule has 4 aromatic rings. The van der Waals surface area contributed by atoms with Crippen LogP contribution < -0.4 is 0 Å². The maximum absolute atomic E-state index is 13.4. The van der Waals surface area contributed by atoms with Crippen molar-refractivity contribution < 1.29 is 19.8 Å². The van der Waals surface area contributed by atoms with E-state index in [2.05, 4.69) is 4.98 Å². The standard InChI is InChI=1S/C23H14Cl4N2O4/c1-10-5-4-7-12(19(10)31)20(32)14-9-13(24)23(27)29(14)18-16(25)22(26)28-17(18)21(33)11-6-2-3-8-15(11)30/h2-9,28,30-31H,1H3. The summed E-state index contributed by atoms with van der Waals surface area (Å²) in [5.74, 6) is -1.71. The highest BCUT2D eigenvalue weighted by molar-refractivity contribution is 6.45. The van der Waals surface area contributed by atoms with Gasteiger partial charge in [0.2, 0.25) is 11.6 Å². The van der Waals surface area contributed by atoms with Crippen molar-refractivity contribution in [2.24, 2.45) is 0 Å². The Morgan fingerprint density at radius 1 is 0.909 bits per heavy atom. The number of hydrogen-bond donors (Lipinski definition) is 3. The van der Waals surface area contributed by atoms with Crippen LogP contribution in [0.15, 0.2) is 48.5 Å². The monoisotopic (exact) mass is 522 g/mol. The zero-order chi connectivity index (χ0) is 24.0. The summed E-state index contributed by atoms with van der Waals surface area (Å²) in [6, 6.07) is 11.9. The van der Waals surface area contributed by atoms with Gasteiger partial charge in [-0.05, 0) is 36.8 Å². The molecule has 0 atom stereocenters. The Bertz CT molecular complexity index is 1440. The third kappa shape index (κ3) is 3.89. The molecule has 0 fully saturated rings. The topological polar surface area (TPSA) is 95.3 Å². The van der Waals surface area contributed by atoms with Gasteiger partial charge in [-0.15, -0.1) is 0 Å². The molecular weight excluding hydrogens is 510 g/mol. The van der Waals surface area contributed by atoms with E-state index in [-0.39, 0.29) is 60.1 Å². The number of hydrogen-bond acceptors (Lipinski definition) is 4. The van der Waals surface area contributed by atoms with Crippen LogP contribution in [0.5, 0.6) is 11.5 Å². The third-order valence-corrected chi connectivity index (χ3v) is 6.59. The average Bonchev–Trinajstić information content (AvgIpc) is 3.24. The first-order valence-electron chi connectivity index (χ1n) is 9.43. The van der Waals surface area contributed by atoms with Crippen LogP contribution in [0.2, 0.25) is 20.4 Å². The molecule has 0 radical (unpaired) electrons. The summed E-state index contributed by atoms with van der Waals surface area (Å²) in [5.41, 5.74) is 0.273. The first kappa shape index (κ1) is 23.3. The highest BCUT2D eigenvalue weighted by atomic mass is 35.5. The van der Waals surface area contributed by atoms with E-state index in [0.29, 0.717) is 5.56 Å². The van der Waals surface area contributed by atoms with Crippen LogP contribution >= 0.6 is 46.4 Å². The van der Waals surface area contributed by atoms with Crippen molar-refractivity contribution in [1.82, 2.24) is 9.55 Å². The molecule has 2 heterocycles. The highest BCUT2D eigenvalue weighted by Gasteiger charge is 2.30. The number of phenolic OH excluding ortho intramolecular Hbond substituents is 2. The second-order valence-corrected chi connectivity index (χ2v) is 8.65. The molecule has 0 bridgehead atoms. The minimum atomic E-state index is -0.644. The number of aromatic amines is 1. The van der Waals surface area contributed by atoms with E-state index in [1.54, 1.807) is 31.2 Å². The molecular formula is C23H14Cl4N2O4. The zero-order valence-electron chi connectivity index (χ0n) is 16.8. The maximum atomic E-state index is 13.4. The molecule has 6 nitrogen and oxygen atoms in total. The van der Waals surface area contributed by atoms with E-state index in [0.717, 1.165) is 0 Å². The largest absolute Gasteiger partial charge is 0.507 e. The van der Waals surface area contributed by atoms with Gasteiger partial charge < -0.3 is 15.2 Å². The van der Waals surface area contributed by atoms with Crippen LogP contribution in [0.25, 0.3) is 5.69 Å². The molecule has 2 aromatic heterocycles. The number of H-pyrrole nitrogens is 1. The Morgan fingerprint density at radius 3 is 2.27 bits per heavy atom. The number of para-hydroxylation sites is 2. The number of nitrogens with zero attached hydrogens (tertiary/aromatic N) is 1. The number of aromatic nitrogens is 2. The molecule has 0 aliphatic rings. The molecule has 10 heteroatoms. The van der Waals surface area contributed by atoms with Crippen molar-refractivity contribution in [3.8, 4) is 17.2 Å². The van der Waals surface area contributed by atoms with Gasteiger partial charge in [-0.3, -0.25) is 14.2 Å². The minimum Gasteiger partial charge on any atom is -0.507 e. The first-order valence-corrected chi connectivity index (χ1v) is 10.9. The molecule has 3 N–H and O–H groups in total. The zero-order valence-corrected chi connectivity index (χ0v) is 19.8.